The van der Waals surface area contributed by atoms with Crippen molar-refractivity contribution in [1.29, 1.82) is 0 Å². The third-order valence-corrected chi connectivity index (χ3v) is 2.85. The summed E-state index contributed by atoms with van der Waals surface area (Å²) in [5, 5.41) is 6.84. The lowest BCUT2D eigenvalue weighted by atomic mass is 10.2. The zero-order valence-electron chi connectivity index (χ0n) is 10.1. The summed E-state index contributed by atoms with van der Waals surface area (Å²) in [6.07, 6.45) is 1.18. The molecule has 0 radical (unpaired) electrons. The quantitative estimate of drug-likeness (QED) is 0.753. The van der Waals surface area contributed by atoms with Crippen LogP contribution in [0.15, 0.2) is 28.7 Å². The zero-order valence-corrected chi connectivity index (χ0v) is 11.7. The molecule has 0 saturated carbocycles. The van der Waals surface area contributed by atoms with Gasteiger partial charge in [-0.25, -0.2) is 0 Å². The van der Waals surface area contributed by atoms with E-state index in [1.165, 1.54) is 12.0 Å². The fourth-order valence-corrected chi connectivity index (χ4v) is 1.70. The van der Waals surface area contributed by atoms with Gasteiger partial charge in [0.05, 0.1) is 0 Å². The van der Waals surface area contributed by atoms with Crippen molar-refractivity contribution in [2.24, 2.45) is 0 Å². The number of rotatable bonds is 7. The number of hydrogen-bond donors (Lipinski definition) is 2. The summed E-state index contributed by atoms with van der Waals surface area (Å²) in [5.74, 6) is 0. The van der Waals surface area contributed by atoms with Gasteiger partial charge in [0, 0.05) is 17.1 Å². The van der Waals surface area contributed by atoms with Crippen molar-refractivity contribution >= 4 is 15.9 Å². The van der Waals surface area contributed by atoms with Gasteiger partial charge in [-0.3, -0.25) is 0 Å². The standard InChI is InChI=1S/C13H21BrN2/c1-11(2)16-9-3-8-15-10-12-4-6-13(14)7-5-12/h4-7,11,15-16H,3,8-10H2,1-2H3. The van der Waals surface area contributed by atoms with E-state index in [2.05, 4.69) is 64.7 Å². The molecule has 1 rings (SSSR count). The Balaban J connectivity index is 2.05. The number of benzene rings is 1. The molecule has 0 fully saturated rings. The molecule has 16 heavy (non-hydrogen) atoms. The molecule has 90 valence electrons. The van der Waals surface area contributed by atoms with Crippen molar-refractivity contribution < 1.29 is 0 Å². The minimum atomic E-state index is 0.589. The van der Waals surface area contributed by atoms with Gasteiger partial charge in [0.25, 0.3) is 0 Å². The molecule has 0 aliphatic rings. The molecular weight excluding hydrogens is 264 g/mol. The van der Waals surface area contributed by atoms with Crippen LogP contribution in [-0.4, -0.2) is 19.1 Å². The predicted octanol–water partition coefficient (Wildman–Crippen LogP) is 2.93. The van der Waals surface area contributed by atoms with E-state index in [0.29, 0.717) is 6.04 Å². The van der Waals surface area contributed by atoms with E-state index in [-0.39, 0.29) is 0 Å². The lowest BCUT2D eigenvalue weighted by Gasteiger charge is -2.08. The van der Waals surface area contributed by atoms with Crippen molar-refractivity contribution in [2.75, 3.05) is 13.1 Å². The Morgan fingerprint density at radius 1 is 1.12 bits per heavy atom. The van der Waals surface area contributed by atoms with E-state index in [4.69, 9.17) is 0 Å². The topological polar surface area (TPSA) is 24.1 Å². The number of halogens is 1. The molecule has 0 amide bonds. The third kappa shape index (κ3) is 6.26. The average Bonchev–Trinajstić information content (AvgIpc) is 2.25. The van der Waals surface area contributed by atoms with Crippen LogP contribution in [0.25, 0.3) is 0 Å². The Hall–Kier alpha value is -0.380. The first kappa shape index (κ1) is 13.7. The SMILES string of the molecule is CC(C)NCCCNCc1ccc(Br)cc1. The summed E-state index contributed by atoms with van der Waals surface area (Å²) in [4.78, 5) is 0. The first-order valence-corrected chi connectivity index (χ1v) is 6.66. The molecule has 0 aromatic heterocycles. The summed E-state index contributed by atoms with van der Waals surface area (Å²) < 4.78 is 1.14. The summed E-state index contributed by atoms with van der Waals surface area (Å²) in [6.45, 7) is 7.46. The van der Waals surface area contributed by atoms with Gasteiger partial charge in [0.2, 0.25) is 0 Å². The maximum atomic E-state index is 3.44. The predicted molar refractivity (Wildman–Crippen MR) is 73.6 cm³/mol. The normalized spacial score (nSPS) is 11.0. The largest absolute Gasteiger partial charge is 0.314 e. The highest BCUT2D eigenvalue weighted by molar-refractivity contribution is 9.10. The molecule has 3 heteroatoms. The molecular formula is C13H21BrN2. The first-order valence-electron chi connectivity index (χ1n) is 5.87. The Bertz CT molecular complexity index is 282. The maximum absolute atomic E-state index is 3.44. The molecule has 0 heterocycles. The fourth-order valence-electron chi connectivity index (χ4n) is 1.44. The van der Waals surface area contributed by atoms with Gasteiger partial charge >= 0.3 is 0 Å². The molecule has 0 atom stereocenters. The van der Waals surface area contributed by atoms with Crippen LogP contribution in [-0.2, 0) is 6.54 Å². The Morgan fingerprint density at radius 3 is 2.44 bits per heavy atom. The van der Waals surface area contributed by atoms with Gasteiger partial charge in [-0.15, -0.1) is 0 Å². The van der Waals surface area contributed by atoms with Crippen molar-refractivity contribution in [3.8, 4) is 0 Å². The molecule has 0 unspecified atom stereocenters. The Morgan fingerprint density at radius 2 is 1.81 bits per heavy atom. The van der Waals surface area contributed by atoms with Crippen molar-refractivity contribution in [3.63, 3.8) is 0 Å². The van der Waals surface area contributed by atoms with E-state index in [0.717, 1.165) is 24.1 Å². The monoisotopic (exact) mass is 284 g/mol. The molecule has 0 aliphatic carbocycles. The van der Waals surface area contributed by atoms with E-state index in [1.54, 1.807) is 0 Å². The lowest BCUT2D eigenvalue weighted by Crippen LogP contribution is -2.26. The maximum Gasteiger partial charge on any atom is 0.0205 e. The van der Waals surface area contributed by atoms with Crippen LogP contribution >= 0.6 is 15.9 Å². The average molecular weight is 285 g/mol. The third-order valence-electron chi connectivity index (χ3n) is 2.33. The van der Waals surface area contributed by atoms with Crippen LogP contribution < -0.4 is 10.6 Å². The molecule has 1 aromatic rings. The second-order valence-electron chi connectivity index (χ2n) is 4.27. The van der Waals surface area contributed by atoms with E-state index >= 15 is 0 Å². The smallest absolute Gasteiger partial charge is 0.0205 e. The van der Waals surface area contributed by atoms with Crippen LogP contribution in [0.2, 0.25) is 0 Å². The highest BCUT2D eigenvalue weighted by atomic mass is 79.9. The fraction of sp³-hybridized carbons (Fsp3) is 0.538. The highest BCUT2D eigenvalue weighted by Crippen LogP contribution is 2.09. The second-order valence-corrected chi connectivity index (χ2v) is 5.18. The van der Waals surface area contributed by atoms with Crippen LogP contribution in [0, 0.1) is 0 Å². The molecule has 2 N–H and O–H groups in total. The van der Waals surface area contributed by atoms with Crippen LogP contribution in [0.3, 0.4) is 0 Å². The number of nitrogens with one attached hydrogen (secondary N) is 2. The molecule has 0 aliphatic heterocycles. The minimum Gasteiger partial charge on any atom is -0.314 e. The van der Waals surface area contributed by atoms with Gasteiger partial charge in [-0.2, -0.15) is 0 Å². The van der Waals surface area contributed by atoms with Gasteiger partial charge in [0.15, 0.2) is 0 Å². The summed E-state index contributed by atoms with van der Waals surface area (Å²) >= 11 is 3.43. The summed E-state index contributed by atoms with van der Waals surface area (Å²) in [6, 6.07) is 9.04. The second kappa shape index (κ2) is 7.82. The molecule has 1 aromatic carbocycles. The van der Waals surface area contributed by atoms with E-state index in [1.807, 2.05) is 0 Å². The highest BCUT2D eigenvalue weighted by Gasteiger charge is 1.94. The van der Waals surface area contributed by atoms with Crippen molar-refractivity contribution in [3.05, 3.63) is 34.3 Å². The van der Waals surface area contributed by atoms with Gasteiger partial charge < -0.3 is 10.6 Å². The van der Waals surface area contributed by atoms with Crippen LogP contribution in [0.4, 0.5) is 0 Å². The van der Waals surface area contributed by atoms with Crippen molar-refractivity contribution in [1.82, 2.24) is 10.6 Å². The van der Waals surface area contributed by atoms with Crippen LogP contribution in [0.5, 0.6) is 0 Å². The first-order chi connectivity index (χ1) is 7.68. The minimum absolute atomic E-state index is 0.589. The number of hydrogen-bond acceptors (Lipinski definition) is 2. The van der Waals surface area contributed by atoms with Crippen LogP contribution in [0.1, 0.15) is 25.8 Å². The summed E-state index contributed by atoms with van der Waals surface area (Å²) in [7, 11) is 0. The van der Waals surface area contributed by atoms with Gasteiger partial charge in [0.1, 0.15) is 0 Å². The zero-order chi connectivity index (χ0) is 11.8. The van der Waals surface area contributed by atoms with Gasteiger partial charge in [-0.1, -0.05) is 41.9 Å². The molecule has 0 spiro atoms. The molecule has 0 bridgehead atoms. The molecule has 2 nitrogen and oxygen atoms in total. The van der Waals surface area contributed by atoms with Gasteiger partial charge in [-0.05, 0) is 37.2 Å². The van der Waals surface area contributed by atoms with E-state index < -0.39 is 0 Å². The lowest BCUT2D eigenvalue weighted by molar-refractivity contribution is 0.547. The molecule has 0 saturated heterocycles. The Labute approximate surface area is 107 Å². The van der Waals surface area contributed by atoms with E-state index in [9.17, 15) is 0 Å². The summed E-state index contributed by atoms with van der Waals surface area (Å²) in [5.41, 5.74) is 1.33. The Kier molecular flexibility index (Phi) is 6.69. The van der Waals surface area contributed by atoms with Crippen molar-refractivity contribution in [2.45, 2.75) is 32.9 Å².